The summed E-state index contributed by atoms with van der Waals surface area (Å²) in [6.07, 6.45) is 3.74. The first-order valence-corrected chi connectivity index (χ1v) is 9.62. The van der Waals surface area contributed by atoms with Crippen molar-refractivity contribution in [1.29, 1.82) is 0 Å². The van der Waals surface area contributed by atoms with Crippen LogP contribution >= 0.6 is 11.8 Å². The largest absolute Gasteiger partial charge is 0.253 e. The van der Waals surface area contributed by atoms with E-state index in [1.807, 2.05) is 31.2 Å². The third-order valence-corrected chi connectivity index (χ3v) is 4.83. The lowest BCUT2D eigenvalue weighted by molar-refractivity contribution is 0.603. The van der Waals surface area contributed by atoms with Crippen molar-refractivity contribution in [3.05, 3.63) is 36.2 Å². The van der Waals surface area contributed by atoms with Crippen molar-refractivity contribution in [2.24, 2.45) is 0 Å². The van der Waals surface area contributed by atoms with Crippen LogP contribution in [-0.4, -0.2) is 41.1 Å². The molecule has 2 aromatic heterocycles. The zero-order valence-corrected chi connectivity index (χ0v) is 13.6. The number of sulfone groups is 1. The molecule has 7 heteroatoms. The highest BCUT2D eigenvalue weighted by molar-refractivity contribution is 8.00. The number of thioether (sulfide) groups is 1. The lowest BCUT2D eigenvalue weighted by Gasteiger charge is -2.06. The van der Waals surface area contributed by atoms with Gasteiger partial charge in [0.15, 0.2) is 5.82 Å². The molecule has 0 saturated carbocycles. The Morgan fingerprint density at radius 2 is 2.05 bits per heavy atom. The summed E-state index contributed by atoms with van der Waals surface area (Å²) in [5.74, 6) is 1.21. The Kier molecular flexibility index (Phi) is 5.30. The summed E-state index contributed by atoms with van der Waals surface area (Å²) in [7, 11) is -2.95. The molecule has 2 heterocycles. The number of aryl methyl sites for hydroxylation is 1. The van der Waals surface area contributed by atoms with Gasteiger partial charge in [-0.05, 0) is 24.6 Å². The number of hydrogen-bond acceptors (Lipinski definition) is 6. The molecule has 0 atom stereocenters. The van der Waals surface area contributed by atoms with Crippen LogP contribution in [0.3, 0.4) is 0 Å². The Hall–Kier alpha value is -1.47. The Labute approximate surface area is 129 Å². The van der Waals surface area contributed by atoms with Crippen LogP contribution in [0.15, 0.2) is 35.5 Å². The molecule has 0 aromatic carbocycles. The van der Waals surface area contributed by atoms with E-state index in [4.69, 9.17) is 0 Å². The monoisotopic (exact) mass is 323 g/mol. The second-order valence-electron chi connectivity index (χ2n) is 4.57. The fourth-order valence-corrected chi connectivity index (χ4v) is 3.76. The molecule has 0 aliphatic carbocycles. The average molecular weight is 323 g/mol. The Morgan fingerprint density at radius 1 is 1.24 bits per heavy atom. The lowest BCUT2D eigenvalue weighted by Crippen LogP contribution is -2.05. The summed E-state index contributed by atoms with van der Waals surface area (Å²) in [4.78, 5) is 13.2. The maximum absolute atomic E-state index is 11.2. The van der Waals surface area contributed by atoms with E-state index in [0.717, 1.165) is 22.8 Å². The van der Waals surface area contributed by atoms with Crippen LogP contribution in [-0.2, 0) is 16.3 Å². The minimum atomic E-state index is -2.95. The van der Waals surface area contributed by atoms with Gasteiger partial charge in [0, 0.05) is 23.9 Å². The Bertz CT molecular complexity index is 703. The molecular formula is C14H17N3O2S2. The van der Waals surface area contributed by atoms with Crippen molar-refractivity contribution in [2.75, 3.05) is 17.8 Å². The summed E-state index contributed by atoms with van der Waals surface area (Å²) in [5, 5.41) is 0.783. The van der Waals surface area contributed by atoms with E-state index in [2.05, 4.69) is 15.0 Å². The van der Waals surface area contributed by atoms with Gasteiger partial charge in [-0.3, -0.25) is 4.98 Å². The van der Waals surface area contributed by atoms with Crippen molar-refractivity contribution < 1.29 is 8.42 Å². The number of nitrogens with zero attached hydrogens (tertiary/aromatic N) is 3. The molecule has 2 rings (SSSR count). The molecule has 0 unspecified atom stereocenters. The SMILES string of the molecule is CCc1cc(SCCS(C)(=O)=O)nc(-c2ccccn2)n1. The molecule has 0 radical (unpaired) electrons. The van der Waals surface area contributed by atoms with E-state index in [1.165, 1.54) is 18.0 Å². The molecule has 0 fully saturated rings. The van der Waals surface area contributed by atoms with Gasteiger partial charge in [0.1, 0.15) is 20.6 Å². The summed E-state index contributed by atoms with van der Waals surface area (Å²) < 4.78 is 22.4. The molecular weight excluding hydrogens is 306 g/mol. The van der Waals surface area contributed by atoms with E-state index in [0.29, 0.717) is 11.6 Å². The van der Waals surface area contributed by atoms with E-state index < -0.39 is 9.84 Å². The number of pyridine rings is 1. The smallest absolute Gasteiger partial charge is 0.179 e. The van der Waals surface area contributed by atoms with Crippen LogP contribution in [0.5, 0.6) is 0 Å². The number of hydrogen-bond donors (Lipinski definition) is 0. The second-order valence-corrected chi connectivity index (χ2v) is 7.94. The molecule has 0 aliphatic rings. The van der Waals surface area contributed by atoms with E-state index >= 15 is 0 Å². The van der Waals surface area contributed by atoms with Crippen molar-refractivity contribution in [3.63, 3.8) is 0 Å². The maximum atomic E-state index is 11.2. The zero-order chi connectivity index (χ0) is 15.3. The first kappa shape index (κ1) is 15.9. The molecule has 0 amide bonds. The third kappa shape index (κ3) is 5.09. The normalized spacial score (nSPS) is 11.5. The fraction of sp³-hybridized carbons (Fsp3) is 0.357. The van der Waals surface area contributed by atoms with Gasteiger partial charge >= 0.3 is 0 Å². The Balaban J connectivity index is 2.22. The van der Waals surface area contributed by atoms with Gasteiger partial charge in [0.05, 0.1) is 5.75 Å². The predicted molar refractivity (Wildman–Crippen MR) is 85.1 cm³/mol. The van der Waals surface area contributed by atoms with Gasteiger partial charge in [-0.2, -0.15) is 0 Å². The molecule has 0 spiro atoms. The van der Waals surface area contributed by atoms with Crippen LogP contribution in [0.2, 0.25) is 0 Å². The molecule has 112 valence electrons. The van der Waals surface area contributed by atoms with Crippen LogP contribution < -0.4 is 0 Å². The fourth-order valence-electron chi connectivity index (χ4n) is 1.63. The van der Waals surface area contributed by atoms with Crippen LogP contribution in [0, 0.1) is 0 Å². The average Bonchev–Trinajstić information content (AvgIpc) is 2.46. The van der Waals surface area contributed by atoms with Gasteiger partial charge in [-0.15, -0.1) is 11.8 Å². The van der Waals surface area contributed by atoms with Gasteiger partial charge in [0.25, 0.3) is 0 Å². The topological polar surface area (TPSA) is 72.8 Å². The first-order valence-electron chi connectivity index (χ1n) is 6.58. The van der Waals surface area contributed by atoms with Crippen LogP contribution in [0.25, 0.3) is 11.5 Å². The van der Waals surface area contributed by atoms with Crippen molar-refractivity contribution in [3.8, 4) is 11.5 Å². The lowest BCUT2D eigenvalue weighted by atomic mass is 10.3. The van der Waals surface area contributed by atoms with Gasteiger partial charge in [0.2, 0.25) is 0 Å². The summed E-state index contributed by atoms with van der Waals surface area (Å²) >= 11 is 1.43. The van der Waals surface area contributed by atoms with E-state index in [1.54, 1.807) is 6.20 Å². The second kappa shape index (κ2) is 7.00. The third-order valence-electron chi connectivity index (χ3n) is 2.72. The van der Waals surface area contributed by atoms with E-state index in [-0.39, 0.29) is 5.75 Å². The molecule has 0 N–H and O–H groups in total. The standard InChI is InChI=1S/C14H17N3O2S2/c1-3-11-10-13(20-8-9-21(2,18)19)17-14(16-11)12-6-4-5-7-15-12/h4-7,10H,3,8-9H2,1-2H3. The Morgan fingerprint density at radius 3 is 2.67 bits per heavy atom. The quantitative estimate of drug-likeness (QED) is 0.599. The highest BCUT2D eigenvalue weighted by atomic mass is 32.2. The molecule has 0 saturated heterocycles. The van der Waals surface area contributed by atoms with E-state index in [9.17, 15) is 8.42 Å². The minimum absolute atomic E-state index is 0.141. The molecule has 0 aliphatic heterocycles. The maximum Gasteiger partial charge on any atom is 0.179 e. The predicted octanol–water partition coefficient (Wildman–Crippen LogP) is 2.24. The van der Waals surface area contributed by atoms with Gasteiger partial charge < -0.3 is 0 Å². The highest BCUT2D eigenvalue weighted by Crippen LogP contribution is 2.21. The highest BCUT2D eigenvalue weighted by Gasteiger charge is 2.09. The van der Waals surface area contributed by atoms with Crippen molar-refractivity contribution >= 4 is 21.6 Å². The first-order chi connectivity index (χ1) is 9.98. The molecule has 0 bridgehead atoms. The minimum Gasteiger partial charge on any atom is -0.253 e. The summed E-state index contributed by atoms with van der Waals surface area (Å²) in [6, 6.07) is 7.49. The summed E-state index contributed by atoms with van der Waals surface area (Å²) in [5.41, 5.74) is 1.64. The summed E-state index contributed by atoms with van der Waals surface area (Å²) in [6.45, 7) is 2.02. The van der Waals surface area contributed by atoms with Crippen molar-refractivity contribution in [2.45, 2.75) is 18.4 Å². The van der Waals surface area contributed by atoms with Gasteiger partial charge in [-0.1, -0.05) is 13.0 Å². The molecule has 5 nitrogen and oxygen atoms in total. The van der Waals surface area contributed by atoms with Gasteiger partial charge in [-0.25, -0.2) is 18.4 Å². The number of rotatable bonds is 6. The molecule has 2 aromatic rings. The van der Waals surface area contributed by atoms with Crippen LogP contribution in [0.4, 0.5) is 0 Å². The number of aromatic nitrogens is 3. The zero-order valence-electron chi connectivity index (χ0n) is 12.0. The molecule has 21 heavy (non-hydrogen) atoms. The van der Waals surface area contributed by atoms with Crippen molar-refractivity contribution in [1.82, 2.24) is 15.0 Å². The van der Waals surface area contributed by atoms with Crippen LogP contribution in [0.1, 0.15) is 12.6 Å².